The molecule has 0 bridgehead atoms. The van der Waals surface area contributed by atoms with E-state index in [1.807, 2.05) is 36.4 Å². The number of carbonyl (C=O) groups excluding carboxylic acids is 1. The molecular formula is C25H22N4O4S3. The first-order valence-corrected chi connectivity index (χ1v) is 14.5. The van der Waals surface area contributed by atoms with E-state index in [4.69, 9.17) is 4.74 Å². The monoisotopic (exact) mass is 538 g/mol. The number of sulfonamides is 1. The Kier molecular flexibility index (Phi) is 7.21. The SMILES string of the molecule is O=C(Nc1nnc(SCc2ccccc2)s1)[C@@H]1CN(S(=O)(=O)Cc2ccccc2)c2ccccc2O1. The van der Waals surface area contributed by atoms with Crippen LogP contribution in [-0.4, -0.2) is 37.2 Å². The summed E-state index contributed by atoms with van der Waals surface area (Å²) >= 11 is 2.79. The van der Waals surface area contributed by atoms with Gasteiger partial charge in [-0.15, -0.1) is 10.2 Å². The van der Waals surface area contributed by atoms with Crippen LogP contribution in [0.15, 0.2) is 89.3 Å². The lowest BCUT2D eigenvalue weighted by Gasteiger charge is -2.34. The molecule has 5 rings (SSSR count). The standard InChI is InChI=1S/C25H22N4O4S3/c30-23(26-24-27-28-25(35-24)34-16-18-9-3-1-4-10-18)22-15-29(20-13-7-8-14-21(20)33-22)36(31,32)17-19-11-5-2-6-12-19/h1-14,22H,15-17H2,(H,26,27,30)/t22-/m0/s1. The van der Waals surface area contributed by atoms with Gasteiger partial charge in [0.2, 0.25) is 15.2 Å². The highest BCUT2D eigenvalue weighted by atomic mass is 32.2. The van der Waals surface area contributed by atoms with Crippen LogP contribution in [0.5, 0.6) is 5.75 Å². The molecule has 0 radical (unpaired) electrons. The minimum atomic E-state index is -3.77. The van der Waals surface area contributed by atoms with E-state index in [1.54, 1.807) is 48.5 Å². The van der Waals surface area contributed by atoms with E-state index < -0.39 is 22.0 Å². The Bertz CT molecular complexity index is 1450. The fourth-order valence-corrected chi connectivity index (χ4v) is 6.98. The van der Waals surface area contributed by atoms with Gasteiger partial charge in [0.05, 0.1) is 18.0 Å². The molecule has 1 aromatic heterocycles. The van der Waals surface area contributed by atoms with Crippen LogP contribution < -0.4 is 14.4 Å². The first-order valence-electron chi connectivity index (χ1n) is 11.1. The molecule has 1 atom stereocenters. The number of thioether (sulfide) groups is 1. The maximum atomic E-state index is 13.4. The van der Waals surface area contributed by atoms with Crippen LogP contribution in [-0.2, 0) is 26.3 Å². The van der Waals surface area contributed by atoms with Gasteiger partial charge in [0.25, 0.3) is 5.91 Å². The van der Waals surface area contributed by atoms with E-state index in [0.29, 0.717) is 22.1 Å². The number of aromatic nitrogens is 2. The Hall–Kier alpha value is -3.41. The summed E-state index contributed by atoms with van der Waals surface area (Å²) in [4.78, 5) is 13.1. The summed E-state index contributed by atoms with van der Waals surface area (Å²) in [6, 6.07) is 25.7. The Morgan fingerprint density at radius 2 is 1.64 bits per heavy atom. The molecule has 2 heterocycles. The zero-order valence-corrected chi connectivity index (χ0v) is 21.4. The smallest absolute Gasteiger partial charge is 0.269 e. The molecule has 1 aliphatic rings. The quantitative estimate of drug-likeness (QED) is 0.259. The fourth-order valence-electron chi connectivity index (χ4n) is 3.69. The fraction of sp³-hybridized carbons (Fsp3) is 0.160. The Labute approximate surface area is 217 Å². The lowest BCUT2D eigenvalue weighted by atomic mass is 10.2. The Balaban J connectivity index is 1.29. The minimum absolute atomic E-state index is 0.146. The number of hydrogen-bond acceptors (Lipinski definition) is 8. The number of amides is 1. The highest BCUT2D eigenvalue weighted by Gasteiger charge is 2.37. The van der Waals surface area contributed by atoms with Gasteiger partial charge in [-0.05, 0) is 23.3 Å². The third-order valence-corrected chi connectivity index (χ3v) is 9.16. The zero-order valence-electron chi connectivity index (χ0n) is 19.0. The van der Waals surface area contributed by atoms with Gasteiger partial charge in [-0.2, -0.15) is 0 Å². The number of rotatable bonds is 8. The lowest BCUT2D eigenvalue weighted by Crippen LogP contribution is -2.49. The molecule has 0 unspecified atom stereocenters. The molecule has 11 heteroatoms. The van der Waals surface area contributed by atoms with Gasteiger partial charge in [-0.1, -0.05) is 95.9 Å². The number of ether oxygens (including phenoxy) is 1. The predicted octanol–water partition coefficient (Wildman–Crippen LogP) is 4.57. The van der Waals surface area contributed by atoms with Crippen molar-refractivity contribution >= 4 is 49.8 Å². The molecule has 1 amide bonds. The lowest BCUT2D eigenvalue weighted by molar-refractivity contribution is -0.122. The average molecular weight is 539 g/mol. The van der Waals surface area contributed by atoms with Crippen molar-refractivity contribution in [1.29, 1.82) is 0 Å². The van der Waals surface area contributed by atoms with Crippen molar-refractivity contribution in [2.75, 3.05) is 16.2 Å². The maximum absolute atomic E-state index is 13.4. The topological polar surface area (TPSA) is 101 Å². The summed E-state index contributed by atoms with van der Waals surface area (Å²) in [6.45, 7) is -0.146. The first kappa shape index (κ1) is 24.3. The first-order chi connectivity index (χ1) is 17.5. The molecule has 4 aromatic rings. The molecule has 8 nitrogen and oxygen atoms in total. The van der Waals surface area contributed by atoms with Crippen molar-refractivity contribution in [2.45, 2.75) is 21.9 Å². The summed E-state index contributed by atoms with van der Waals surface area (Å²) in [5, 5.41) is 11.3. The Morgan fingerprint density at radius 1 is 0.972 bits per heavy atom. The number of para-hydroxylation sites is 2. The van der Waals surface area contributed by atoms with Crippen LogP contribution in [0.25, 0.3) is 0 Å². The van der Waals surface area contributed by atoms with Crippen LogP contribution in [0.3, 0.4) is 0 Å². The van der Waals surface area contributed by atoms with Crippen molar-refractivity contribution < 1.29 is 17.9 Å². The average Bonchev–Trinajstić information content (AvgIpc) is 3.35. The van der Waals surface area contributed by atoms with Crippen molar-refractivity contribution in [3.8, 4) is 5.75 Å². The van der Waals surface area contributed by atoms with E-state index in [2.05, 4.69) is 15.5 Å². The number of fused-ring (bicyclic) bond motifs is 1. The number of nitrogens with zero attached hydrogens (tertiary/aromatic N) is 3. The minimum Gasteiger partial charge on any atom is -0.476 e. The summed E-state index contributed by atoms with van der Waals surface area (Å²) in [5.74, 6) is 0.395. The van der Waals surface area contributed by atoms with E-state index in [-0.39, 0.29) is 12.3 Å². The number of hydrogen-bond donors (Lipinski definition) is 1. The summed E-state index contributed by atoms with van der Waals surface area (Å²) in [6.07, 6.45) is -1.05. The van der Waals surface area contributed by atoms with Gasteiger partial charge in [0.1, 0.15) is 5.75 Å². The maximum Gasteiger partial charge on any atom is 0.269 e. The molecule has 0 aliphatic carbocycles. The second-order valence-corrected chi connectivity index (χ2v) is 12.1. The highest BCUT2D eigenvalue weighted by Crippen LogP contribution is 2.36. The van der Waals surface area contributed by atoms with E-state index in [1.165, 1.54) is 27.4 Å². The number of benzene rings is 3. The van der Waals surface area contributed by atoms with E-state index in [0.717, 1.165) is 15.7 Å². The Morgan fingerprint density at radius 3 is 2.39 bits per heavy atom. The molecule has 184 valence electrons. The number of carbonyl (C=O) groups is 1. The van der Waals surface area contributed by atoms with Crippen molar-refractivity contribution in [1.82, 2.24) is 10.2 Å². The van der Waals surface area contributed by atoms with Crippen molar-refractivity contribution in [3.63, 3.8) is 0 Å². The molecule has 1 aliphatic heterocycles. The second-order valence-electron chi connectivity index (χ2n) is 7.98. The van der Waals surface area contributed by atoms with Crippen molar-refractivity contribution in [2.24, 2.45) is 0 Å². The third-order valence-electron chi connectivity index (χ3n) is 5.40. The second kappa shape index (κ2) is 10.7. The molecule has 0 spiro atoms. The van der Waals surface area contributed by atoms with Gasteiger partial charge >= 0.3 is 0 Å². The summed E-state index contributed by atoms with van der Waals surface area (Å²) in [5.41, 5.74) is 2.24. The summed E-state index contributed by atoms with van der Waals surface area (Å²) in [7, 11) is -3.77. The van der Waals surface area contributed by atoms with Gasteiger partial charge in [-0.25, -0.2) is 8.42 Å². The predicted molar refractivity (Wildman–Crippen MR) is 142 cm³/mol. The van der Waals surface area contributed by atoms with Crippen molar-refractivity contribution in [3.05, 3.63) is 96.1 Å². The van der Waals surface area contributed by atoms with Gasteiger partial charge in [0, 0.05) is 5.75 Å². The molecule has 0 saturated carbocycles. The van der Waals surface area contributed by atoms with E-state index in [9.17, 15) is 13.2 Å². The van der Waals surface area contributed by atoms with Gasteiger partial charge in [0.15, 0.2) is 10.4 Å². The molecule has 1 N–H and O–H groups in total. The zero-order chi connectivity index (χ0) is 25.0. The normalized spacial score (nSPS) is 15.1. The summed E-state index contributed by atoms with van der Waals surface area (Å²) < 4.78 is 34.6. The molecule has 3 aromatic carbocycles. The third kappa shape index (κ3) is 5.69. The molecule has 36 heavy (non-hydrogen) atoms. The molecule has 0 saturated heterocycles. The van der Waals surface area contributed by atoms with Crippen LogP contribution in [0.4, 0.5) is 10.8 Å². The number of anilines is 2. The van der Waals surface area contributed by atoms with Gasteiger partial charge < -0.3 is 4.74 Å². The van der Waals surface area contributed by atoms with Crippen LogP contribution in [0.2, 0.25) is 0 Å². The number of nitrogens with one attached hydrogen (secondary N) is 1. The molecular weight excluding hydrogens is 517 g/mol. The van der Waals surface area contributed by atoms with Crippen LogP contribution in [0.1, 0.15) is 11.1 Å². The van der Waals surface area contributed by atoms with Crippen LogP contribution >= 0.6 is 23.1 Å². The van der Waals surface area contributed by atoms with E-state index >= 15 is 0 Å². The van der Waals surface area contributed by atoms with Crippen LogP contribution in [0, 0.1) is 0 Å². The largest absolute Gasteiger partial charge is 0.476 e. The highest BCUT2D eigenvalue weighted by molar-refractivity contribution is 8.00. The van der Waals surface area contributed by atoms with Gasteiger partial charge in [-0.3, -0.25) is 14.4 Å². The molecule has 0 fully saturated rings.